The van der Waals surface area contributed by atoms with Gasteiger partial charge < -0.3 is 24.2 Å². The molecule has 0 saturated heterocycles. The molecule has 0 spiro atoms. The largest absolute Gasteiger partial charge is 0.454 e. The Morgan fingerprint density at radius 2 is 1.94 bits per heavy atom. The molecular weight excluding hydrogens is 444 g/mol. The molecule has 2 aliphatic heterocycles. The van der Waals surface area contributed by atoms with Gasteiger partial charge in [-0.1, -0.05) is 17.3 Å². The van der Waals surface area contributed by atoms with E-state index in [1.165, 1.54) is 4.90 Å². The van der Waals surface area contributed by atoms with Gasteiger partial charge in [0.15, 0.2) is 16.6 Å². The highest BCUT2D eigenvalue weighted by Crippen LogP contribution is 2.39. The summed E-state index contributed by atoms with van der Waals surface area (Å²) in [5, 5.41) is 8.39. The van der Waals surface area contributed by atoms with Crippen LogP contribution in [0.3, 0.4) is 0 Å². The first-order valence-electron chi connectivity index (χ1n) is 10.3. The average molecular weight is 467 g/mol. The molecule has 1 aromatic heterocycles. The van der Waals surface area contributed by atoms with Crippen LogP contribution in [0.25, 0.3) is 17.0 Å². The van der Waals surface area contributed by atoms with Crippen LogP contribution in [0.1, 0.15) is 31.3 Å². The molecule has 1 N–H and O–H groups in total. The summed E-state index contributed by atoms with van der Waals surface area (Å²) >= 11 is 7.35. The van der Waals surface area contributed by atoms with Crippen LogP contribution in [-0.2, 0) is 0 Å². The van der Waals surface area contributed by atoms with E-state index in [9.17, 15) is 0 Å². The topological polar surface area (TPSA) is 72.7 Å². The van der Waals surface area contributed by atoms with Crippen LogP contribution >= 0.6 is 24.0 Å². The lowest BCUT2D eigenvalue weighted by molar-refractivity contribution is 0.174. The minimum Gasteiger partial charge on any atom is -0.454 e. The van der Waals surface area contributed by atoms with Crippen molar-refractivity contribution in [1.82, 2.24) is 20.4 Å². The first-order chi connectivity index (χ1) is 15.6. The van der Waals surface area contributed by atoms with Crippen LogP contribution in [0, 0.1) is 0 Å². The Balaban J connectivity index is 1.56. The zero-order valence-electron chi connectivity index (χ0n) is 17.9. The molecule has 0 aliphatic carbocycles. The Morgan fingerprint density at radius 3 is 2.69 bits per heavy atom. The molecule has 3 heterocycles. The van der Waals surface area contributed by atoms with E-state index in [0.29, 0.717) is 28.3 Å². The maximum atomic E-state index is 5.77. The minimum atomic E-state index is -0.189. The zero-order chi connectivity index (χ0) is 22.2. The molecular formula is C23H22N4O3S2. The Kier molecular flexibility index (Phi) is 5.52. The molecule has 9 heteroatoms. The molecule has 164 valence electrons. The van der Waals surface area contributed by atoms with Crippen molar-refractivity contribution < 1.29 is 14.0 Å². The lowest BCUT2D eigenvalue weighted by Crippen LogP contribution is -2.45. The van der Waals surface area contributed by atoms with Gasteiger partial charge in [0.1, 0.15) is 0 Å². The molecule has 2 aliphatic rings. The first kappa shape index (κ1) is 20.8. The molecule has 0 amide bonds. The monoisotopic (exact) mass is 466 g/mol. The average Bonchev–Trinajstić information content (AvgIpc) is 3.48. The van der Waals surface area contributed by atoms with Gasteiger partial charge in [0.25, 0.3) is 5.89 Å². The number of hydrogen-bond donors (Lipinski definition) is 1. The van der Waals surface area contributed by atoms with E-state index in [2.05, 4.69) is 47.9 Å². The summed E-state index contributed by atoms with van der Waals surface area (Å²) < 4.78 is 16.6. The minimum absolute atomic E-state index is 0.189. The third kappa shape index (κ3) is 3.61. The first-order valence-corrected chi connectivity index (χ1v) is 11.9. The van der Waals surface area contributed by atoms with Crippen molar-refractivity contribution in [2.75, 3.05) is 19.6 Å². The van der Waals surface area contributed by atoms with Gasteiger partial charge in [0, 0.05) is 22.7 Å². The second kappa shape index (κ2) is 8.48. The van der Waals surface area contributed by atoms with Gasteiger partial charge in [-0.25, -0.2) is 0 Å². The molecule has 1 atom stereocenters. The van der Waals surface area contributed by atoms with Gasteiger partial charge in [-0.3, -0.25) is 0 Å². The zero-order valence-corrected chi connectivity index (χ0v) is 19.5. The number of thioether (sulfide) groups is 1. The quantitative estimate of drug-likeness (QED) is 0.419. The van der Waals surface area contributed by atoms with Crippen molar-refractivity contribution in [3.63, 3.8) is 0 Å². The summed E-state index contributed by atoms with van der Waals surface area (Å²) in [6.07, 6.45) is 2.06. The number of ether oxygens (including phenoxy) is 2. The van der Waals surface area contributed by atoms with E-state index in [4.69, 9.17) is 31.2 Å². The summed E-state index contributed by atoms with van der Waals surface area (Å²) in [7, 11) is 0. The molecule has 3 aromatic rings. The van der Waals surface area contributed by atoms with E-state index in [1.807, 2.05) is 30.0 Å². The third-order valence-corrected chi connectivity index (χ3v) is 6.73. The Morgan fingerprint density at radius 1 is 1.16 bits per heavy atom. The summed E-state index contributed by atoms with van der Waals surface area (Å²) in [4.78, 5) is 7.98. The Bertz CT molecular complexity index is 1210. The van der Waals surface area contributed by atoms with Crippen LogP contribution in [0.2, 0.25) is 0 Å². The van der Waals surface area contributed by atoms with Gasteiger partial charge in [-0.05, 0) is 68.2 Å². The summed E-state index contributed by atoms with van der Waals surface area (Å²) in [5.74, 6) is 2.35. The van der Waals surface area contributed by atoms with E-state index >= 15 is 0 Å². The molecule has 1 unspecified atom stereocenters. The predicted octanol–water partition coefficient (Wildman–Crippen LogP) is 4.87. The molecule has 0 radical (unpaired) electrons. The molecule has 0 saturated carbocycles. The van der Waals surface area contributed by atoms with E-state index < -0.39 is 0 Å². The predicted molar refractivity (Wildman–Crippen MR) is 128 cm³/mol. The molecule has 2 aromatic carbocycles. The fourth-order valence-electron chi connectivity index (χ4n) is 3.97. The number of nitrogens with one attached hydrogen (secondary N) is 1. The Hall–Kier alpha value is -3.04. The lowest BCUT2D eigenvalue weighted by atomic mass is 9.95. The normalized spacial score (nSPS) is 17.7. The van der Waals surface area contributed by atoms with Crippen LogP contribution < -0.4 is 14.8 Å². The van der Waals surface area contributed by atoms with Gasteiger partial charge in [0.2, 0.25) is 12.6 Å². The van der Waals surface area contributed by atoms with Gasteiger partial charge in [-0.15, -0.1) is 11.8 Å². The number of fused-ring (bicyclic) bond motifs is 1. The molecule has 0 fully saturated rings. The number of nitrogens with zero attached hydrogens (tertiary/aromatic N) is 3. The van der Waals surface area contributed by atoms with Crippen molar-refractivity contribution >= 4 is 34.7 Å². The third-order valence-electron chi connectivity index (χ3n) is 5.65. The second-order valence-corrected chi connectivity index (χ2v) is 8.66. The standard InChI is InChI=1S/C23H22N4O3S2/c1-4-27-13(2)19(20(24-23(27)31)14-5-8-16(32-3)9-6-14)22-25-21(26-30-22)15-7-10-17-18(11-15)29-12-28-17/h5-11,20H,4,12H2,1-3H3,(H,24,31). The highest BCUT2D eigenvalue weighted by molar-refractivity contribution is 7.98. The van der Waals surface area contributed by atoms with Gasteiger partial charge in [0.05, 0.1) is 11.6 Å². The molecule has 32 heavy (non-hydrogen) atoms. The number of rotatable bonds is 5. The fraction of sp³-hybridized carbons (Fsp3) is 0.261. The van der Waals surface area contributed by atoms with E-state index in [-0.39, 0.29) is 12.8 Å². The maximum Gasteiger partial charge on any atom is 0.258 e. The van der Waals surface area contributed by atoms with Crippen molar-refractivity contribution in [2.45, 2.75) is 24.8 Å². The maximum absolute atomic E-state index is 5.77. The molecule has 5 rings (SSSR count). The van der Waals surface area contributed by atoms with Crippen molar-refractivity contribution in [3.05, 3.63) is 59.6 Å². The molecule has 7 nitrogen and oxygen atoms in total. The van der Waals surface area contributed by atoms with E-state index in [1.54, 1.807) is 11.8 Å². The van der Waals surface area contributed by atoms with Crippen molar-refractivity contribution in [1.29, 1.82) is 0 Å². The summed E-state index contributed by atoms with van der Waals surface area (Å²) in [6.45, 7) is 5.06. The summed E-state index contributed by atoms with van der Waals surface area (Å²) in [6, 6.07) is 13.9. The highest BCUT2D eigenvalue weighted by Gasteiger charge is 2.33. The summed E-state index contributed by atoms with van der Waals surface area (Å²) in [5.41, 5.74) is 3.79. The SMILES string of the molecule is CCN1C(=S)NC(c2ccc(SC)cc2)C(c2nc(-c3ccc4c(c3)OCO4)no2)=C1C. The smallest absolute Gasteiger partial charge is 0.258 e. The fourth-order valence-corrected chi connectivity index (χ4v) is 4.76. The van der Waals surface area contributed by atoms with E-state index in [0.717, 1.165) is 28.9 Å². The van der Waals surface area contributed by atoms with Crippen LogP contribution in [-0.4, -0.2) is 39.7 Å². The van der Waals surface area contributed by atoms with Crippen LogP contribution in [0.15, 0.2) is 57.6 Å². The number of aromatic nitrogens is 2. The number of hydrogen-bond acceptors (Lipinski definition) is 7. The lowest BCUT2D eigenvalue weighted by Gasteiger charge is -2.36. The number of thiocarbonyl (C=S) groups is 1. The van der Waals surface area contributed by atoms with Crippen molar-refractivity contribution in [2.24, 2.45) is 0 Å². The van der Waals surface area contributed by atoms with Crippen LogP contribution in [0.5, 0.6) is 11.5 Å². The van der Waals surface area contributed by atoms with Gasteiger partial charge >= 0.3 is 0 Å². The Labute approximate surface area is 195 Å². The number of allylic oxidation sites excluding steroid dienone is 1. The highest BCUT2D eigenvalue weighted by atomic mass is 32.2. The second-order valence-electron chi connectivity index (χ2n) is 7.39. The number of benzene rings is 2. The van der Waals surface area contributed by atoms with Gasteiger partial charge in [-0.2, -0.15) is 4.98 Å². The molecule has 0 bridgehead atoms. The van der Waals surface area contributed by atoms with Crippen LogP contribution in [0.4, 0.5) is 0 Å². The van der Waals surface area contributed by atoms with Crippen molar-refractivity contribution in [3.8, 4) is 22.9 Å².